The second-order valence-corrected chi connectivity index (χ2v) is 5.62. The van der Waals surface area contributed by atoms with Gasteiger partial charge in [-0.05, 0) is 42.7 Å². The van der Waals surface area contributed by atoms with Gasteiger partial charge in [0.1, 0.15) is 5.82 Å². The topological polar surface area (TPSA) is 29.1 Å². The van der Waals surface area contributed by atoms with E-state index in [2.05, 4.69) is 21.2 Å². The number of alkyl halides is 1. The minimum Gasteiger partial charge on any atom is -0.348 e. The van der Waals surface area contributed by atoms with Crippen molar-refractivity contribution >= 4 is 21.8 Å². The van der Waals surface area contributed by atoms with Gasteiger partial charge in [0, 0.05) is 16.9 Å². The number of halogens is 2. The van der Waals surface area contributed by atoms with Crippen LogP contribution >= 0.6 is 15.9 Å². The van der Waals surface area contributed by atoms with Crippen molar-refractivity contribution in [3.63, 3.8) is 0 Å². The molecule has 1 N–H and O–H groups in total. The molecule has 0 fully saturated rings. The molecule has 21 heavy (non-hydrogen) atoms. The van der Waals surface area contributed by atoms with Crippen LogP contribution in [0.15, 0.2) is 48.5 Å². The first kappa shape index (κ1) is 15.7. The predicted molar refractivity (Wildman–Crippen MR) is 86.3 cm³/mol. The molecule has 4 heteroatoms. The van der Waals surface area contributed by atoms with Gasteiger partial charge < -0.3 is 5.32 Å². The van der Waals surface area contributed by atoms with Gasteiger partial charge in [-0.1, -0.05) is 46.3 Å². The molecule has 0 aliphatic rings. The Morgan fingerprint density at radius 3 is 2.57 bits per heavy atom. The largest absolute Gasteiger partial charge is 0.348 e. The van der Waals surface area contributed by atoms with Gasteiger partial charge in [-0.25, -0.2) is 4.39 Å². The summed E-state index contributed by atoms with van der Waals surface area (Å²) in [6, 6.07) is 14.2. The highest BCUT2D eigenvalue weighted by atomic mass is 79.9. The van der Waals surface area contributed by atoms with Crippen LogP contribution in [0.1, 0.15) is 21.5 Å². The molecule has 0 spiro atoms. The molecule has 0 aliphatic carbocycles. The van der Waals surface area contributed by atoms with Crippen LogP contribution in [0.4, 0.5) is 4.39 Å². The molecule has 2 rings (SSSR count). The first-order valence-corrected chi connectivity index (χ1v) is 7.89. The molecule has 0 heterocycles. The van der Waals surface area contributed by atoms with Gasteiger partial charge in [0.15, 0.2) is 0 Å². The van der Waals surface area contributed by atoms with Crippen LogP contribution in [0.25, 0.3) is 0 Å². The van der Waals surface area contributed by atoms with Crippen LogP contribution in [0.3, 0.4) is 0 Å². The van der Waals surface area contributed by atoms with E-state index in [0.29, 0.717) is 16.5 Å². The molecule has 0 aliphatic heterocycles. The number of hydrogen-bond donors (Lipinski definition) is 1. The van der Waals surface area contributed by atoms with Crippen LogP contribution in [-0.2, 0) is 6.42 Å². The highest BCUT2D eigenvalue weighted by molar-refractivity contribution is 9.09. The average molecular weight is 350 g/mol. The Hall–Kier alpha value is -1.68. The van der Waals surface area contributed by atoms with E-state index in [1.807, 2.05) is 30.3 Å². The fraction of sp³-hybridized carbons (Fsp3) is 0.235. The zero-order chi connectivity index (χ0) is 15.2. The van der Waals surface area contributed by atoms with Crippen molar-refractivity contribution in [2.75, 3.05) is 5.33 Å². The molecular formula is C17H17BrFNO. The maximum absolute atomic E-state index is 13.1. The Labute approximate surface area is 132 Å². The van der Waals surface area contributed by atoms with Crippen LogP contribution in [0, 0.1) is 12.7 Å². The number of rotatable bonds is 5. The summed E-state index contributed by atoms with van der Waals surface area (Å²) >= 11 is 3.43. The zero-order valence-corrected chi connectivity index (χ0v) is 13.4. The smallest absolute Gasteiger partial charge is 0.251 e. The zero-order valence-electron chi connectivity index (χ0n) is 11.8. The van der Waals surface area contributed by atoms with Crippen molar-refractivity contribution in [1.82, 2.24) is 5.32 Å². The third-order valence-electron chi connectivity index (χ3n) is 3.28. The molecule has 1 atom stereocenters. The minimum atomic E-state index is -0.328. The summed E-state index contributed by atoms with van der Waals surface area (Å²) < 4.78 is 13.1. The Bertz CT molecular complexity index is 615. The normalized spacial score (nSPS) is 12.0. The lowest BCUT2D eigenvalue weighted by atomic mass is 10.1. The maximum atomic E-state index is 13.1. The third-order valence-corrected chi connectivity index (χ3v) is 4.06. The van der Waals surface area contributed by atoms with E-state index in [-0.39, 0.29) is 17.8 Å². The van der Waals surface area contributed by atoms with Gasteiger partial charge in [-0.2, -0.15) is 0 Å². The summed E-state index contributed by atoms with van der Waals surface area (Å²) in [6.07, 6.45) is 0.748. The molecule has 0 saturated carbocycles. The lowest BCUT2D eigenvalue weighted by Gasteiger charge is -2.17. The van der Waals surface area contributed by atoms with E-state index in [4.69, 9.17) is 0 Å². The van der Waals surface area contributed by atoms with Crippen molar-refractivity contribution in [3.05, 3.63) is 71.0 Å². The van der Waals surface area contributed by atoms with Crippen molar-refractivity contribution < 1.29 is 9.18 Å². The molecule has 1 amide bonds. The molecule has 2 aromatic carbocycles. The molecule has 110 valence electrons. The van der Waals surface area contributed by atoms with Crippen LogP contribution < -0.4 is 5.32 Å². The second kappa shape index (κ2) is 7.36. The van der Waals surface area contributed by atoms with E-state index < -0.39 is 0 Å². The first-order chi connectivity index (χ1) is 10.1. The predicted octanol–water partition coefficient (Wildman–Crippen LogP) is 3.87. The highest BCUT2D eigenvalue weighted by Gasteiger charge is 2.15. The average Bonchev–Trinajstić information content (AvgIpc) is 2.47. The Balaban J connectivity index is 2.06. The Morgan fingerprint density at radius 2 is 1.95 bits per heavy atom. The number of hydrogen-bond acceptors (Lipinski definition) is 1. The van der Waals surface area contributed by atoms with Gasteiger partial charge >= 0.3 is 0 Å². The lowest BCUT2D eigenvalue weighted by Crippen LogP contribution is -2.38. The molecular weight excluding hydrogens is 333 g/mol. The Kier molecular flexibility index (Phi) is 5.51. The number of carbonyl (C=O) groups is 1. The van der Waals surface area contributed by atoms with Crippen molar-refractivity contribution in [2.45, 2.75) is 19.4 Å². The van der Waals surface area contributed by atoms with Crippen LogP contribution in [-0.4, -0.2) is 17.3 Å². The van der Waals surface area contributed by atoms with E-state index in [1.54, 1.807) is 6.92 Å². The lowest BCUT2D eigenvalue weighted by molar-refractivity contribution is 0.0940. The van der Waals surface area contributed by atoms with Gasteiger partial charge in [0.25, 0.3) is 5.91 Å². The fourth-order valence-corrected chi connectivity index (χ4v) is 2.58. The molecule has 0 saturated heterocycles. The SMILES string of the molecule is Cc1cc(F)ccc1C(=O)NC(CBr)Cc1ccccc1. The van der Waals surface area contributed by atoms with Gasteiger partial charge in [0.2, 0.25) is 0 Å². The van der Waals surface area contributed by atoms with E-state index >= 15 is 0 Å². The summed E-state index contributed by atoms with van der Waals surface area (Å²) in [4.78, 5) is 12.3. The molecule has 0 bridgehead atoms. The molecule has 2 nitrogen and oxygen atoms in total. The molecule has 1 unspecified atom stereocenters. The molecule has 0 radical (unpaired) electrons. The third kappa shape index (κ3) is 4.39. The van der Waals surface area contributed by atoms with Crippen molar-refractivity contribution in [2.24, 2.45) is 0 Å². The monoisotopic (exact) mass is 349 g/mol. The maximum Gasteiger partial charge on any atom is 0.251 e. The van der Waals surface area contributed by atoms with Crippen LogP contribution in [0.5, 0.6) is 0 Å². The van der Waals surface area contributed by atoms with Gasteiger partial charge in [0.05, 0.1) is 0 Å². The minimum absolute atomic E-state index is 0.00986. The second-order valence-electron chi connectivity index (χ2n) is 4.97. The summed E-state index contributed by atoms with van der Waals surface area (Å²) in [5, 5.41) is 3.64. The number of aryl methyl sites for hydroxylation is 1. The molecule has 0 aromatic heterocycles. The standard InChI is InChI=1S/C17H17BrFNO/c1-12-9-14(19)7-8-16(12)17(21)20-15(11-18)10-13-5-3-2-4-6-13/h2-9,15H,10-11H2,1H3,(H,20,21). The fourth-order valence-electron chi connectivity index (χ4n) is 2.19. The number of nitrogens with one attached hydrogen (secondary N) is 1. The highest BCUT2D eigenvalue weighted by Crippen LogP contribution is 2.11. The quantitative estimate of drug-likeness (QED) is 0.815. The molecule has 2 aromatic rings. The summed E-state index contributed by atoms with van der Waals surface area (Å²) in [5.74, 6) is -0.502. The summed E-state index contributed by atoms with van der Waals surface area (Å²) in [7, 11) is 0. The van der Waals surface area contributed by atoms with Gasteiger partial charge in [-0.15, -0.1) is 0 Å². The Morgan fingerprint density at radius 1 is 1.24 bits per heavy atom. The number of benzene rings is 2. The van der Waals surface area contributed by atoms with E-state index in [9.17, 15) is 9.18 Å². The van der Waals surface area contributed by atoms with Gasteiger partial charge in [-0.3, -0.25) is 4.79 Å². The first-order valence-electron chi connectivity index (χ1n) is 6.77. The summed E-state index contributed by atoms with van der Waals surface area (Å²) in [5.41, 5.74) is 2.31. The number of amides is 1. The summed E-state index contributed by atoms with van der Waals surface area (Å²) in [6.45, 7) is 1.73. The number of carbonyl (C=O) groups excluding carboxylic acids is 1. The van der Waals surface area contributed by atoms with Crippen LogP contribution in [0.2, 0.25) is 0 Å². The van der Waals surface area contributed by atoms with E-state index in [1.165, 1.54) is 18.2 Å². The van der Waals surface area contributed by atoms with Crippen molar-refractivity contribution in [1.29, 1.82) is 0 Å². The van der Waals surface area contributed by atoms with E-state index in [0.717, 1.165) is 12.0 Å². The van der Waals surface area contributed by atoms with Crippen molar-refractivity contribution in [3.8, 4) is 0 Å².